The molecule has 0 aliphatic carbocycles. The van der Waals surface area contributed by atoms with Gasteiger partial charge in [0, 0.05) is 26.3 Å². The average Bonchev–Trinajstić information content (AvgIpc) is 2.67. The summed E-state index contributed by atoms with van der Waals surface area (Å²) in [6.07, 6.45) is 0.500. The number of esters is 1. The molecule has 2 rings (SSSR count). The van der Waals surface area contributed by atoms with E-state index in [0.717, 1.165) is 11.3 Å². The molecule has 0 spiro atoms. The first kappa shape index (κ1) is 21.1. The Hall–Kier alpha value is -3.16. The number of carbonyl (C=O) groups excluding carboxylic acids is 2. The number of benzene rings is 2. The molecule has 1 amide bonds. The molecule has 0 aromatic heterocycles. The van der Waals surface area contributed by atoms with E-state index in [0.29, 0.717) is 18.5 Å². The first-order valence-electron chi connectivity index (χ1n) is 8.60. The maximum atomic E-state index is 12.1. The normalized spacial score (nSPS) is 10.5. The third-order valence-electron chi connectivity index (χ3n) is 3.82. The summed E-state index contributed by atoms with van der Waals surface area (Å²) in [6.45, 7) is -2.92. The van der Waals surface area contributed by atoms with Crippen LogP contribution < -0.4 is 15.0 Å². The van der Waals surface area contributed by atoms with Gasteiger partial charge < -0.3 is 19.7 Å². The van der Waals surface area contributed by atoms with E-state index < -0.39 is 18.5 Å². The molecule has 0 unspecified atom stereocenters. The van der Waals surface area contributed by atoms with Gasteiger partial charge in [0.1, 0.15) is 5.75 Å². The van der Waals surface area contributed by atoms with Crippen molar-refractivity contribution in [2.75, 3.05) is 32.1 Å². The predicted molar refractivity (Wildman–Crippen MR) is 101 cm³/mol. The summed E-state index contributed by atoms with van der Waals surface area (Å²) in [6, 6.07) is 13.1. The number of halogens is 2. The summed E-state index contributed by atoms with van der Waals surface area (Å²) in [5, 5.41) is 2.64. The summed E-state index contributed by atoms with van der Waals surface area (Å²) < 4.78 is 33.5. The van der Waals surface area contributed by atoms with Gasteiger partial charge in [0.2, 0.25) is 0 Å². The van der Waals surface area contributed by atoms with E-state index in [4.69, 9.17) is 4.74 Å². The molecular formula is C20H22F2N2O4. The lowest BCUT2D eigenvalue weighted by atomic mass is 10.1. The fraction of sp³-hybridized carbons (Fsp3) is 0.300. The van der Waals surface area contributed by atoms with Gasteiger partial charge in [-0.1, -0.05) is 18.2 Å². The smallest absolute Gasteiger partial charge is 0.387 e. The summed E-state index contributed by atoms with van der Waals surface area (Å²) in [5.41, 5.74) is 2.06. The van der Waals surface area contributed by atoms with E-state index in [1.54, 1.807) is 30.3 Å². The Kier molecular flexibility index (Phi) is 7.74. The number of rotatable bonds is 9. The quantitative estimate of drug-likeness (QED) is 0.665. The van der Waals surface area contributed by atoms with Gasteiger partial charge in [-0.2, -0.15) is 8.78 Å². The van der Waals surface area contributed by atoms with Crippen molar-refractivity contribution in [2.24, 2.45) is 0 Å². The van der Waals surface area contributed by atoms with Gasteiger partial charge >= 0.3 is 12.6 Å². The first-order chi connectivity index (χ1) is 13.3. The second-order valence-corrected chi connectivity index (χ2v) is 6.14. The van der Waals surface area contributed by atoms with E-state index in [2.05, 4.69) is 10.1 Å². The zero-order chi connectivity index (χ0) is 20.5. The summed E-state index contributed by atoms with van der Waals surface area (Å²) in [7, 11) is 3.72. The number of nitrogens with one attached hydrogen (secondary N) is 1. The molecule has 0 saturated carbocycles. The van der Waals surface area contributed by atoms with Crippen LogP contribution in [0.15, 0.2) is 48.5 Å². The van der Waals surface area contributed by atoms with Gasteiger partial charge in [-0.05, 0) is 42.3 Å². The molecule has 0 aliphatic rings. The monoisotopic (exact) mass is 392 g/mol. The third kappa shape index (κ3) is 6.86. The van der Waals surface area contributed by atoms with E-state index in [1.165, 1.54) is 12.1 Å². The minimum Gasteiger partial charge on any atom is -0.452 e. The zero-order valence-electron chi connectivity index (χ0n) is 15.7. The molecule has 6 nitrogen and oxygen atoms in total. The molecule has 2 aromatic rings. The molecule has 0 atom stereocenters. The first-order valence-corrected chi connectivity index (χ1v) is 8.60. The van der Waals surface area contributed by atoms with E-state index in [1.807, 2.05) is 25.1 Å². The summed E-state index contributed by atoms with van der Waals surface area (Å²) in [4.78, 5) is 25.7. The van der Waals surface area contributed by atoms with Crippen LogP contribution >= 0.6 is 0 Å². The molecular weight excluding hydrogens is 370 g/mol. The minimum atomic E-state index is -2.86. The van der Waals surface area contributed by atoms with Crippen LogP contribution in [0.2, 0.25) is 0 Å². The van der Waals surface area contributed by atoms with Crippen LogP contribution in [-0.4, -0.2) is 45.7 Å². The predicted octanol–water partition coefficient (Wildman–Crippen LogP) is 2.87. The van der Waals surface area contributed by atoms with Crippen LogP contribution in [0.3, 0.4) is 0 Å². The van der Waals surface area contributed by atoms with Gasteiger partial charge in [-0.3, -0.25) is 4.79 Å². The van der Waals surface area contributed by atoms with Crippen LogP contribution in [-0.2, 0) is 16.0 Å². The van der Waals surface area contributed by atoms with Crippen molar-refractivity contribution in [1.82, 2.24) is 5.32 Å². The Labute approximate surface area is 162 Å². The van der Waals surface area contributed by atoms with E-state index in [9.17, 15) is 18.4 Å². The van der Waals surface area contributed by atoms with Gasteiger partial charge in [-0.15, -0.1) is 0 Å². The molecule has 0 bridgehead atoms. The molecule has 0 aliphatic heterocycles. The second-order valence-electron chi connectivity index (χ2n) is 6.14. The fourth-order valence-corrected chi connectivity index (χ4v) is 2.36. The number of anilines is 1. The number of nitrogens with zero attached hydrogens (tertiary/aromatic N) is 1. The highest BCUT2D eigenvalue weighted by atomic mass is 19.3. The molecule has 8 heteroatoms. The molecule has 150 valence electrons. The van der Waals surface area contributed by atoms with Crippen LogP contribution in [0.1, 0.15) is 15.9 Å². The standard InChI is InChI=1S/C20H22F2N2O4/c1-24(2)16-5-3-4-15(12-16)19(26)27-13-18(25)23-11-10-14-6-8-17(9-7-14)28-20(21)22/h3-9,12,20H,10-11,13H2,1-2H3,(H,23,25). The van der Waals surface area contributed by atoms with Crippen molar-refractivity contribution in [1.29, 1.82) is 0 Å². The Morgan fingerprint density at radius 1 is 1.11 bits per heavy atom. The molecule has 1 N–H and O–H groups in total. The number of hydrogen-bond acceptors (Lipinski definition) is 5. The lowest BCUT2D eigenvalue weighted by molar-refractivity contribution is -0.124. The maximum absolute atomic E-state index is 12.1. The highest BCUT2D eigenvalue weighted by Crippen LogP contribution is 2.15. The number of hydrogen-bond donors (Lipinski definition) is 1. The summed E-state index contributed by atoms with van der Waals surface area (Å²) in [5.74, 6) is -0.920. The van der Waals surface area contributed by atoms with Crippen molar-refractivity contribution < 1.29 is 27.8 Å². The Balaban J connectivity index is 1.72. The molecule has 0 radical (unpaired) electrons. The largest absolute Gasteiger partial charge is 0.452 e. The Bertz CT molecular complexity index is 795. The molecule has 0 fully saturated rings. The highest BCUT2D eigenvalue weighted by molar-refractivity contribution is 5.92. The average molecular weight is 392 g/mol. The zero-order valence-corrected chi connectivity index (χ0v) is 15.7. The van der Waals surface area contributed by atoms with Crippen molar-refractivity contribution in [3.8, 4) is 5.75 Å². The molecule has 0 heterocycles. The number of amides is 1. The van der Waals surface area contributed by atoms with E-state index >= 15 is 0 Å². The fourth-order valence-electron chi connectivity index (χ4n) is 2.36. The van der Waals surface area contributed by atoms with Crippen LogP contribution in [0.4, 0.5) is 14.5 Å². The topological polar surface area (TPSA) is 67.9 Å². The van der Waals surface area contributed by atoms with Gasteiger partial charge in [0.25, 0.3) is 5.91 Å². The summed E-state index contributed by atoms with van der Waals surface area (Å²) >= 11 is 0. The third-order valence-corrected chi connectivity index (χ3v) is 3.82. The van der Waals surface area contributed by atoms with Crippen molar-refractivity contribution in [2.45, 2.75) is 13.0 Å². The van der Waals surface area contributed by atoms with Gasteiger partial charge in [0.15, 0.2) is 6.61 Å². The highest BCUT2D eigenvalue weighted by Gasteiger charge is 2.11. The number of ether oxygens (including phenoxy) is 2. The minimum absolute atomic E-state index is 0.0769. The number of alkyl halides is 2. The van der Waals surface area contributed by atoms with Crippen LogP contribution in [0.5, 0.6) is 5.75 Å². The SMILES string of the molecule is CN(C)c1cccc(C(=O)OCC(=O)NCCc2ccc(OC(F)F)cc2)c1. The number of carbonyl (C=O) groups is 2. The molecule has 28 heavy (non-hydrogen) atoms. The second kappa shape index (κ2) is 10.2. The van der Waals surface area contributed by atoms with Crippen molar-refractivity contribution in [3.05, 3.63) is 59.7 Å². The molecule has 2 aromatic carbocycles. The van der Waals surface area contributed by atoms with E-state index in [-0.39, 0.29) is 12.4 Å². The Morgan fingerprint density at radius 3 is 2.46 bits per heavy atom. The lowest BCUT2D eigenvalue weighted by Crippen LogP contribution is -2.30. The maximum Gasteiger partial charge on any atom is 0.387 e. The Morgan fingerprint density at radius 2 is 1.82 bits per heavy atom. The van der Waals surface area contributed by atoms with Crippen LogP contribution in [0, 0.1) is 0 Å². The van der Waals surface area contributed by atoms with Gasteiger partial charge in [0.05, 0.1) is 5.56 Å². The van der Waals surface area contributed by atoms with Crippen molar-refractivity contribution in [3.63, 3.8) is 0 Å². The molecule has 0 saturated heterocycles. The van der Waals surface area contributed by atoms with Crippen molar-refractivity contribution >= 4 is 17.6 Å². The van der Waals surface area contributed by atoms with Crippen LogP contribution in [0.25, 0.3) is 0 Å². The lowest BCUT2D eigenvalue weighted by Gasteiger charge is -2.13. The van der Waals surface area contributed by atoms with Gasteiger partial charge in [-0.25, -0.2) is 4.79 Å².